The highest BCUT2D eigenvalue weighted by Crippen LogP contribution is 2.36. The summed E-state index contributed by atoms with van der Waals surface area (Å²) in [5.41, 5.74) is 6.10. The molecule has 2 rings (SSSR count). The first-order valence-electron chi connectivity index (χ1n) is 7.67. The predicted molar refractivity (Wildman–Crippen MR) is 77.3 cm³/mol. The second-order valence-corrected chi connectivity index (χ2v) is 5.76. The van der Waals surface area contributed by atoms with Gasteiger partial charge in [0.25, 0.3) is 0 Å². The first kappa shape index (κ1) is 16.3. The molecule has 0 bridgehead atoms. The van der Waals surface area contributed by atoms with Crippen LogP contribution in [0.15, 0.2) is 12.1 Å². The van der Waals surface area contributed by atoms with E-state index in [0.717, 1.165) is 44.8 Å². The maximum absolute atomic E-state index is 14.2. The van der Waals surface area contributed by atoms with Crippen LogP contribution in [0.25, 0.3) is 0 Å². The highest BCUT2D eigenvalue weighted by Gasteiger charge is 2.32. The Balaban J connectivity index is 2.44. The van der Waals surface area contributed by atoms with E-state index in [1.807, 2.05) is 0 Å². The van der Waals surface area contributed by atoms with Crippen LogP contribution in [0.1, 0.15) is 44.2 Å². The zero-order chi connectivity index (χ0) is 15.4. The van der Waals surface area contributed by atoms with E-state index in [2.05, 4.69) is 11.8 Å². The third-order valence-electron chi connectivity index (χ3n) is 4.28. The molecule has 1 aromatic rings. The van der Waals surface area contributed by atoms with Crippen LogP contribution < -0.4 is 5.73 Å². The molecule has 118 valence electrons. The van der Waals surface area contributed by atoms with E-state index >= 15 is 0 Å². The maximum Gasteiger partial charge on any atom is 0.161 e. The molecule has 0 saturated carbocycles. The van der Waals surface area contributed by atoms with Gasteiger partial charge in [0.05, 0.1) is 0 Å². The van der Waals surface area contributed by atoms with Crippen molar-refractivity contribution in [3.63, 3.8) is 0 Å². The number of hydrogen-bond donors (Lipinski definition) is 1. The first-order chi connectivity index (χ1) is 10.1. The number of rotatable bonds is 4. The molecule has 0 aromatic heterocycles. The zero-order valence-corrected chi connectivity index (χ0v) is 12.4. The molecule has 1 fully saturated rings. The van der Waals surface area contributed by atoms with Crippen LogP contribution in [0.3, 0.4) is 0 Å². The maximum atomic E-state index is 14.2. The van der Waals surface area contributed by atoms with E-state index in [1.54, 1.807) is 0 Å². The van der Waals surface area contributed by atoms with Crippen molar-refractivity contribution in [2.75, 3.05) is 19.6 Å². The largest absolute Gasteiger partial charge is 0.330 e. The Morgan fingerprint density at radius 2 is 1.86 bits per heavy atom. The Morgan fingerprint density at radius 3 is 2.52 bits per heavy atom. The van der Waals surface area contributed by atoms with Gasteiger partial charge in [-0.25, -0.2) is 13.2 Å². The van der Waals surface area contributed by atoms with E-state index < -0.39 is 17.5 Å². The summed E-state index contributed by atoms with van der Waals surface area (Å²) in [6, 6.07) is 1.38. The van der Waals surface area contributed by atoms with Gasteiger partial charge in [-0.15, -0.1) is 0 Å². The van der Waals surface area contributed by atoms with Gasteiger partial charge in [-0.05, 0) is 50.9 Å². The Hall–Kier alpha value is -1.07. The van der Waals surface area contributed by atoms with Gasteiger partial charge in [0.15, 0.2) is 11.6 Å². The highest BCUT2D eigenvalue weighted by molar-refractivity contribution is 5.24. The summed E-state index contributed by atoms with van der Waals surface area (Å²) in [4.78, 5) is 2.17. The molecule has 0 aliphatic carbocycles. The third kappa shape index (κ3) is 3.58. The van der Waals surface area contributed by atoms with E-state index in [0.29, 0.717) is 12.6 Å². The van der Waals surface area contributed by atoms with Crippen LogP contribution in [-0.4, -0.2) is 24.5 Å². The van der Waals surface area contributed by atoms with Crippen molar-refractivity contribution < 1.29 is 13.2 Å². The van der Waals surface area contributed by atoms with Crippen LogP contribution >= 0.6 is 0 Å². The number of nitrogens with zero attached hydrogens (tertiary/aromatic N) is 1. The normalized spacial score (nSPS) is 24.0. The number of hydrogen-bond acceptors (Lipinski definition) is 2. The lowest BCUT2D eigenvalue weighted by Gasteiger charge is -2.35. The van der Waals surface area contributed by atoms with Crippen molar-refractivity contribution in [2.45, 2.75) is 38.6 Å². The molecule has 1 saturated heterocycles. The van der Waals surface area contributed by atoms with Crippen LogP contribution in [0.4, 0.5) is 13.2 Å². The van der Waals surface area contributed by atoms with E-state index in [4.69, 9.17) is 5.73 Å². The van der Waals surface area contributed by atoms with Gasteiger partial charge in [0.2, 0.25) is 0 Å². The minimum atomic E-state index is -1.14. The Bertz CT molecular complexity index is 479. The molecular formula is C16H23F3N2. The summed E-state index contributed by atoms with van der Waals surface area (Å²) in [6.45, 7) is 4.12. The molecule has 2 N–H and O–H groups in total. The summed E-state index contributed by atoms with van der Waals surface area (Å²) < 4.78 is 40.9. The third-order valence-corrected chi connectivity index (χ3v) is 4.28. The minimum Gasteiger partial charge on any atom is -0.330 e. The van der Waals surface area contributed by atoms with Gasteiger partial charge in [0, 0.05) is 17.7 Å². The molecular weight excluding hydrogens is 277 g/mol. The average Bonchev–Trinajstić information content (AvgIpc) is 2.65. The van der Waals surface area contributed by atoms with Gasteiger partial charge in [0.1, 0.15) is 5.82 Å². The summed E-state index contributed by atoms with van der Waals surface area (Å²) in [5.74, 6) is -2.75. The molecule has 2 atom stereocenters. The van der Waals surface area contributed by atoms with Gasteiger partial charge in [-0.3, -0.25) is 4.90 Å². The minimum absolute atomic E-state index is 0.0680. The number of nitrogens with two attached hydrogens (primary N) is 1. The molecule has 2 unspecified atom stereocenters. The second kappa shape index (κ2) is 7.27. The lowest BCUT2D eigenvalue weighted by atomic mass is 9.88. The van der Waals surface area contributed by atoms with E-state index in [9.17, 15) is 13.2 Å². The molecule has 2 nitrogen and oxygen atoms in total. The Labute approximate surface area is 124 Å². The highest BCUT2D eigenvalue weighted by atomic mass is 19.2. The van der Waals surface area contributed by atoms with Crippen LogP contribution in [0.5, 0.6) is 0 Å². The SMILES string of the molecule is CCCN1CCCCC(CN)C1c1cc(F)c(F)cc1F. The van der Waals surface area contributed by atoms with Crippen LogP contribution in [0.2, 0.25) is 0 Å². The van der Waals surface area contributed by atoms with Crippen molar-refractivity contribution >= 4 is 0 Å². The van der Waals surface area contributed by atoms with Crippen molar-refractivity contribution in [3.8, 4) is 0 Å². The summed E-state index contributed by atoms with van der Waals surface area (Å²) >= 11 is 0. The number of benzene rings is 1. The van der Waals surface area contributed by atoms with Crippen molar-refractivity contribution in [1.29, 1.82) is 0 Å². The Morgan fingerprint density at radius 1 is 1.14 bits per heavy atom. The zero-order valence-electron chi connectivity index (χ0n) is 12.4. The monoisotopic (exact) mass is 300 g/mol. The van der Waals surface area contributed by atoms with E-state index in [-0.39, 0.29) is 17.5 Å². The van der Waals surface area contributed by atoms with E-state index in [1.165, 1.54) is 0 Å². The summed E-state index contributed by atoms with van der Waals surface area (Å²) in [6.07, 6.45) is 3.88. The fraction of sp³-hybridized carbons (Fsp3) is 0.625. The fourth-order valence-corrected chi connectivity index (χ4v) is 3.32. The molecule has 21 heavy (non-hydrogen) atoms. The molecule has 1 aliphatic heterocycles. The molecule has 1 heterocycles. The molecule has 5 heteroatoms. The fourth-order valence-electron chi connectivity index (χ4n) is 3.32. The lowest BCUT2D eigenvalue weighted by Crippen LogP contribution is -2.36. The molecule has 1 aromatic carbocycles. The lowest BCUT2D eigenvalue weighted by molar-refractivity contribution is 0.154. The van der Waals surface area contributed by atoms with Crippen LogP contribution in [-0.2, 0) is 0 Å². The standard InChI is InChI=1S/C16H23F3N2/c1-2-6-21-7-4-3-5-11(10-20)16(21)12-8-14(18)15(19)9-13(12)17/h8-9,11,16H,2-7,10,20H2,1H3. The molecule has 0 radical (unpaired) electrons. The molecule has 0 spiro atoms. The van der Waals surface area contributed by atoms with Gasteiger partial charge in [-0.2, -0.15) is 0 Å². The predicted octanol–water partition coefficient (Wildman–Crippen LogP) is 3.62. The summed E-state index contributed by atoms with van der Waals surface area (Å²) in [5, 5.41) is 0. The average molecular weight is 300 g/mol. The van der Waals surface area contributed by atoms with Gasteiger partial charge >= 0.3 is 0 Å². The van der Waals surface area contributed by atoms with Crippen molar-refractivity contribution in [3.05, 3.63) is 35.1 Å². The second-order valence-electron chi connectivity index (χ2n) is 5.76. The smallest absolute Gasteiger partial charge is 0.161 e. The number of halogens is 3. The molecule has 1 aliphatic rings. The summed E-state index contributed by atoms with van der Waals surface area (Å²) in [7, 11) is 0. The Kier molecular flexibility index (Phi) is 5.65. The van der Waals surface area contributed by atoms with Crippen LogP contribution in [0, 0.1) is 23.4 Å². The van der Waals surface area contributed by atoms with Crippen molar-refractivity contribution in [1.82, 2.24) is 4.90 Å². The van der Waals surface area contributed by atoms with Gasteiger partial charge < -0.3 is 5.73 Å². The quantitative estimate of drug-likeness (QED) is 0.861. The molecule has 0 amide bonds. The number of likely N-dealkylation sites (tertiary alicyclic amines) is 1. The van der Waals surface area contributed by atoms with Gasteiger partial charge in [-0.1, -0.05) is 13.3 Å². The van der Waals surface area contributed by atoms with Crippen molar-refractivity contribution in [2.24, 2.45) is 11.7 Å². The first-order valence-corrected chi connectivity index (χ1v) is 7.67. The topological polar surface area (TPSA) is 29.3 Å².